The smallest absolute Gasteiger partial charge is 0.272 e. The highest BCUT2D eigenvalue weighted by molar-refractivity contribution is 7.17. The van der Waals surface area contributed by atoms with E-state index in [1.165, 1.54) is 24.5 Å². The van der Waals surface area contributed by atoms with Crippen LogP contribution in [0, 0.1) is 5.92 Å². The molecule has 0 atom stereocenters. The minimum Gasteiger partial charge on any atom is -0.494 e. The summed E-state index contributed by atoms with van der Waals surface area (Å²) in [6, 6.07) is 6.81. The lowest BCUT2D eigenvalue weighted by atomic mass is 9.49. The van der Waals surface area contributed by atoms with Crippen LogP contribution in [0.4, 0.5) is 17.2 Å². The average Bonchev–Trinajstić information content (AvgIpc) is 3.74. The van der Waals surface area contributed by atoms with E-state index in [-0.39, 0.29) is 34.9 Å². The van der Waals surface area contributed by atoms with E-state index in [1.807, 2.05) is 11.0 Å². The maximum absolute atomic E-state index is 13.2. The van der Waals surface area contributed by atoms with E-state index in [4.69, 9.17) is 28.3 Å². The van der Waals surface area contributed by atoms with Crippen molar-refractivity contribution in [2.45, 2.75) is 24.5 Å². The largest absolute Gasteiger partial charge is 0.494 e. The number of ether oxygens (including phenoxy) is 1. The topological polar surface area (TPSA) is 142 Å². The standard InChI is InChI=1S/C27H29B3N8O4S/c1-37-9-4-10-38(12-11-37)26(41)19-14-31-25(43-19)16-5-3-6-17(22(16)42-2)32-18-13-20(33-23(39)15-7-8-15)35-36-21(18)24(40)34-27(28,29)30/h3,5-6,13-15H,4,7-12H2,1-2H3,(H,34,40)(H2,32,33,35,39). The second kappa shape index (κ2) is 12.8. The summed E-state index contributed by atoms with van der Waals surface area (Å²) in [7, 11) is 20.3. The number of rotatable bonds is 9. The number of hydrogen-bond acceptors (Lipinski definition) is 10. The number of carbonyl (C=O) groups excluding carboxylic acids is 3. The van der Waals surface area contributed by atoms with Gasteiger partial charge in [0, 0.05) is 31.6 Å². The molecule has 16 heteroatoms. The lowest BCUT2D eigenvalue weighted by Gasteiger charge is -2.23. The van der Waals surface area contributed by atoms with E-state index in [9.17, 15) is 14.4 Å². The number of amides is 3. The first-order valence-electron chi connectivity index (χ1n) is 13.8. The van der Waals surface area contributed by atoms with Gasteiger partial charge in [-0.15, -0.1) is 21.5 Å². The molecule has 0 spiro atoms. The maximum atomic E-state index is 13.2. The Morgan fingerprint density at radius 1 is 1.07 bits per heavy atom. The number of anilines is 3. The van der Waals surface area contributed by atoms with Gasteiger partial charge in [-0.25, -0.2) is 4.98 Å². The number of methoxy groups -OCH3 is 1. The molecule has 3 aromatic rings. The first-order chi connectivity index (χ1) is 20.5. The molecule has 1 aliphatic heterocycles. The molecule has 12 nitrogen and oxygen atoms in total. The predicted molar refractivity (Wildman–Crippen MR) is 166 cm³/mol. The fourth-order valence-electron chi connectivity index (χ4n) is 4.62. The van der Waals surface area contributed by atoms with Crippen molar-refractivity contribution in [3.63, 3.8) is 0 Å². The van der Waals surface area contributed by atoms with Crippen LogP contribution in [0.2, 0.25) is 0 Å². The quantitative estimate of drug-likeness (QED) is 0.313. The first kappa shape index (κ1) is 30.5. The second-order valence-electron chi connectivity index (χ2n) is 10.6. The number of carbonyl (C=O) groups is 3. The van der Waals surface area contributed by atoms with Gasteiger partial charge in [-0.2, -0.15) is 0 Å². The number of aromatic nitrogens is 3. The van der Waals surface area contributed by atoms with Crippen molar-refractivity contribution in [1.82, 2.24) is 30.3 Å². The fraction of sp³-hybridized carbons (Fsp3) is 0.407. The van der Waals surface area contributed by atoms with Crippen LogP contribution >= 0.6 is 11.3 Å². The predicted octanol–water partition coefficient (Wildman–Crippen LogP) is 1.33. The highest BCUT2D eigenvalue weighted by Crippen LogP contribution is 2.40. The lowest BCUT2D eigenvalue weighted by molar-refractivity contribution is -0.117. The molecule has 2 aromatic heterocycles. The Hall–Kier alpha value is -3.91. The van der Waals surface area contributed by atoms with Crippen molar-refractivity contribution in [2.75, 3.05) is 51.0 Å². The molecule has 43 heavy (non-hydrogen) atoms. The van der Waals surface area contributed by atoms with E-state index in [0.717, 1.165) is 32.4 Å². The summed E-state index contributed by atoms with van der Waals surface area (Å²) in [6.45, 7) is 3.12. The van der Waals surface area contributed by atoms with E-state index < -0.39 is 11.1 Å². The van der Waals surface area contributed by atoms with Gasteiger partial charge in [0.15, 0.2) is 17.3 Å². The molecule has 2 fully saturated rings. The molecule has 1 aromatic carbocycles. The number of para-hydroxylation sites is 1. The van der Waals surface area contributed by atoms with Crippen LogP contribution in [-0.2, 0) is 4.79 Å². The summed E-state index contributed by atoms with van der Waals surface area (Å²) < 4.78 is 5.77. The number of nitrogens with one attached hydrogen (secondary N) is 3. The molecule has 1 saturated carbocycles. The van der Waals surface area contributed by atoms with Crippen molar-refractivity contribution >= 4 is 69.8 Å². The van der Waals surface area contributed by atoms with Gasteiger partial charge in [0.2, 0.25) is 5.91 Å². The number of nitrogens with zero attached hydrogens (tertiary/aromatic N) is 5. The molecule has 216 valence electrons. The zero-order chi connectivity index (χ0) is 30.7. The van der Waals surface area contributed by atoms with Gasteiger partial charge in [-0.05, 0) is 45.0 Å². The lowest BCUT2D eigenvalue weighted by Crippen LogP contribution is -2.50. The number of likely N-dealkylation sites (N-methyl/N-ethyl adjacent to an activating group) is 1. The van der Waals surface area contributed by atoms with Crippen LogP contribution < -0.4 is 20.7 Å². The summed E-state index contributed by atoms with van der Waals surface area (Å²) in [5, 5.41) is 14.7. The second-order valence-corrected chi connectivity index (χ2v) is 11.7. The van der Waals surface area contributed by atoms with E-state index in [2.05, 4.69) is 43.1 Å². The van der Waals surface area contributed by atoms with Crippen LogP contribution in [0.3, 0.4) is 0 Å². The summed E-state index contributed by atoms with van der Waals surface area (Å²) in [6.07, 6.45) is 4.10. The molecule has 0 bridgehead atoms. The van der Waals surface area contributed by atoms with Crippen molar-refractivity contribution in [3.8, 4) is 16.3 Å². The highest BCUT2D eigenvalue weighted by Gasteiger charge is 2.30. The van der Waals surface area contributed by atoms with Gasteiger partial charge in [0.1, 0.15) is 9.88 Å². The number of thiazole rings is 1. The van der Waals surface area contributed by atoms with Gasteiger partial charge in [0.25, 0.3) is 11.8 Å². The normalized spacial score (nSPS) is 15.8. The summed E-state index contributed by atoms with van der Waals surface area (Å²) >= 11 is 1.27. The fourth-order valence-corrected chi connectivity index (χ4v) is 5.52. The third-order valence-corrected chi connectivity index (χ3v) is 8.00. The Morgan fingerprint density at radius 2 is 1.86 bits per heavy atom. The van der Waals surface area contributed by atoms with Gasteiger partial charge in [-0.1, -0.05) is 11.3 Å². The van der Waals surface area contributed by atoms with Crippen molar-refractivity contribution in [1.29, 1.82) is 0 Å². The SMILES string of the molecule is [B]C([B])([B])NC(=O)c1nnc(NC(=O)C2CC2)cc1Nc1cccc(-c2ncc(C(=O)N3CCCN(C)CC3)s2)c1OC. The molecule has 1 saturated heterocycles. The number of benzene rings is 1. The highest BCUT2D eigenvalue weighted by atomic mass is 32.1. The minimum absolute atomic E-state index is 0.0534. The Balaban J connectivity index is 1.44. The monoisotopic (exact) mass is 594 g/mol. The third kappa shape index (κ3) is 7.55. The van der Waals surface area contributed by atoms with Gasteiger partial charge in [0.05, 0.1) is 53.8 Å². The maximum Gasteiger partial charge on any atom is 0.272 e. The van der Waals surface area contributed by atoms with Crippen LogP contribution in [0.25, 0.3) is 10.6 Å². The average molecular weight is 594 g/mol. The molecule has 5 rings (SSSR count). The number of hydrogen-bond donors (Lipinski definition) is 3. The molecular formula is C27H29B3N8O4S. The van der Waals surface area contributed by atoms with Crippen LogP contribution in [0.15, 0.2) is 30.5 Å². The van der Waals surface area contributed by atoms with E-state index in [1.54, 1.807) is 18.3 Å². The molecule has 3 heterocycles. The summed E-state index contributed by atoms with van der Waals surface area (Å²) in [5.74, 6) is -0.537. The molecular weight excluding hydrogens is 565 g/mol. The third-order valence-electron chi connectivity index (χ3n) is 6.98. The van der Waals surface area contributed by atoms with Crippen LogP contribution in [-0.4, -0.2) is 112 Å². The van der Waals surface area contributed by atoms with Gasteiger partial charge < -0.3 is 30.5 Å². The molecule has 1 aliphatic carbocycles. The summed E-state index contributed by atoms with van der Waals surface area (Å²) in [5.41, 5.74) is 1.10. The molecule has 2 aliphatic rings. The van der Waals surface area contributed by atoms with Crippen molar-refractivity contribution in [2.24, 2.45) is 5.92 Å². The molecule has 0 unspecified atom stereocenters. The van der Waals surface area contributed by atoms with Crippen LogP contribution in [0.5, 0.6) is 5.75 Å². The van der Waals surface area contributed by atoms with Crippen molar-refractivity contribution in [3.05, 3.63) is 41.0 Å². The Bertz CT molecular complexity index is 1530. The van der Waals surface area contributed by atoms with E-state index >= 15 is 0 Å². The Morgan fingerprint density at radius 3 is 2.58 bits per heavy atom. The van der Waals surface area contributed by atoms with E-state index in [0.29, 0.717) is 40.0 Å². The van der Waals surface area contributed by atoms with Gasteiger partial charge in [-0.3, -0.25) is 14.4 Å². The Labute approximate surface area is 257 Å². The first-order valence-corrected chi connectivity index (χ1v) is 14.6. The van der Waals surface area contributed by atoms with Gasteiger partial charge >= 0.3 is 0 Å². The zero-order valence-electron chi connectivity index (χ0n) is 23.9. The zero-order valence-corrected chi connectivity index (χ0v) is 24.7. The van der Waals surface area contributed by atoms with Crippen molar-refractivity contribution < 1.29 is 19.1 Å². The molecule has 6 radical (unpaired) electrons. The molecule has 3 N–H and O–H groups in total. The van der Waals surface area contributed by atoms with Crippen LogP contribution in [0.1, 0.15) is 39.4 Å². The Kier molecular flexibility index (Phi) is 9.07. The summed E-state index contributed by atoms with van der Waals surface area (Å²) in [4.78, 5) is 47.7. The minimum atomic E-state index is -2.00. The molecule has 3 amide bonds.